The van der Waals surface area contributed by atoms with Gasteiger partial charge >= 0.3 is 5.97 Å². The summed E-state index contributed by atoms with van der Waals surface area (Å²) in [6, 6.07) is 6.48. The smallest absolute Gasteiger partial charge is 0.335 e. The maximum absolute atomic E-state index is 14.0. The highest BCUT2D eigenvalue weighted by molar-refractivity contribution is 5.88. The van der Waals surface area contributed by atoms with E-state index in [9.17, 15) is 23.2 Å². The van der Waals surface area contributed by atoms with Crippen molar-refractivity contribution in [3.8, 4) is 0 Å². The van der Waals surface area contributed by atoms with E-state index in [4.69, 9.17) is 5.11 Å². The van der Waals surface area contributed by atoms with Crippen molar-refractivity contribution in [2.24, 2.45) is 23.2 Å². The molecule has 3 unspecified atom stereocenters. The van der Waals surface area contributed by atoms with Gasteiger partial charge in [0.15, 0.2) is 0 Å². The van der Waals surface area contributed by atoms with Crippen molar-refractivity contribution in [2.75, 3.05) is 13.1 Å². The van der Waals surface area contributed by atoms with Crippen LogP contribution in [0.25, 0.3) is 0 Å². The van der Waals surface area contributed by atoms with E-state index in [0.717, 1.165) is 37.7 Å². The number of carbonyl (C=O) groups excluding carboxylic acids is 2. The molecule has 1 saturated heterocycles. The second kappa shape index (κ2) is 9.33. The number of carbonyl (C=O) groups is 3. The average molecular weight is 518 g/mol. The van der Waals surface area contributed by atoms with Gasteiger partial charge in [0.25, 0.3) is 5.92 Å². The Morgan fingerprint density at radius 2 is 1.73 bits per heavy atom. The summed E-state index contributed by atoms with van der Waals surface area (Å²) in [5.74, 6) is -3.05. The van der Waals surface area contributed by atoms with Gasteiger partial charge in [0, 0.05) is 19.0 Å². The van der Waals surface area contributed by atoms with Gasteiger partial charge in [-0.15, -0.1) is 0 Å². The largest absolute Gasteiger partial charge is 0.478 e. The van der Waals surface area contributed by atoms with Crippen LogP contribution in [0.3, 0.4) is 0 Å². The van der Waals surface area contributed by atoms with Gasteiger partial charge in [-0.25, -0.2) is 13.6 Å². The van der Waals surface area contributed by atoms with Crippen molar-refractivity contribution in [3.05, 3.63) is 35.4 Å². The highest BCUT2D eigenvalue weighted by atomic mass is 19.3. The number of carboxylic acid groups (broad SMARTS) is 1. The van der Waals surface area contributed by atoms with Gasteiger partial charge in [-0.2, -0.15) is 0 Å². The lowest BCUT2D eigenvalue weighted by Crippen LogP contribution is -2.66. The highest BCUT2D eigenvalue weighted by Crippen LogP contribution is 2.60. The number of nitrogens with one attached hydrogen (secondary N) is 2. The fraction of sp³-hybridized carbons (Fsp3) is 0.679. The molecule has 1 heterocycles. The van der Waals surface area contributed by atoms with Gasteiger partial charge in [-0.3, -0.25) is 14.5 Å². The van der Waals surface area contributed by atoms with E-state index in [1.165, 1.54) is 12.1 Å². The zero-order valence-corrected chi connectivity index (χ0v) is 21.6. The fourth-order valence-electron chi connectivity index (χ4n) is 7.59. The molecule has 3 N–H and O–H groups in total. The van der Waals surface area contributed by atoms with Crippen molar-refractivity contribution in [1.82, 2.24) is 15.5 Å². The number of halogens is 2. The molecule has 5 aliphatic rings. The molecule has 4 saturated carbocycles. The molecule has 5 fully saturated rings. The topological polar surface area (TPSA) is 98.7 Å². The van der Waals surface area contributed by atoms with Crippen LogP contribution in [0.2, 0.25) is 0 Å². The number of hydrogen-bond donors (Lipinski definition) is 3. The van der Waals surface area contributed by atoms with Crippen LogP contribution in [0.4, 0.5) is 8.78 Å². The van der Waals surface area contributed by atoms with Crippen molar-refractivity contribution < 1.29 is 28.3 Å². The van der Waals surface area contributed by atoms with E-state index < -0.39 is 29.4 Å². The first-order valence-electron chi connectivity index (χ1n) is 13.4. The third kappa shape index (κ3) is 4.99. The molecule has 202 valence electrons. The van der Waals surface area contributed by atoms with E-state index in [1.807, 2.05) is 0 Å². The first-order valence-corrected chi connectivity index (χ1v) is 13.4. The monoisotopic (exact) mass is 517 g/mol. The number of amides is 2. The van der Waals surface area contributed by atoms with E-state index in [0.29, 0.717) is 25.4 Å². The van der Waals surface area contributed by atoms with E-state index in [1.54, 1.807) is 30.9 Å². The van der Waals surface area contributed by atoms with Crippen LogP contribution in [0.5, 0.6) is 0 Å². The standard InChI is InChI=1S/C28H37F2N3O4/c1-26(2,33-9-3-8-28(29,30)16-33)24(36)32-22-20-10-18-11-21(22)14-27(12-18,13-20)25(37)31-15-17-4-6-19(7-5-17)23(34)35/h4-7,18,20-22H,3,8-16H2,1-2H3,(H,31,37)(H,32,36)(H,34,35)/t18?,20-,21+,22?,27?. The molecule has 37 heavy (non-hydrogen) atoms. The molecule has 1 aromatic carbocycles. The number of hydrogen-bond acceptors (Lipinski definition) is 4. The van der Waals surface area contributed by atoms with Crippen LogP contribution in [0.1, 0.15) is 74.7 Å². The van der Waals surface area contributed by atoms with Gasteiger partial charge in [0.2, 0.25) is 11.8 Å². The zero-order valence-electron chi connectivity index (χ0n) is 21.6. The van der Waals surface area contributed by atoms with Gasteiger partial charge in [-0.05, 0) is 94.4 Å². The van der Waals surface area contributed by atoms with Gasteiger partial charge in [0.1, 0.15) is 0 Å². The number of alkyl halides is 2. The minimum absolute atomic E-state index is 0.0295. The van der Waals surface area contributed by atoms with Crippen LogP contribution >= 0.6 is 0 Å². The van der Waals surface area contributed by atoms with E-state index in [-0.39, 0.29) is 41.7 Å². The van der Waals surface area contributed by atoms with E-state index in [2.05, 4.69) is 10.6 Å². The fourth-order valence-corrected chi connectivity index (χ4v) is 7.59. The molecule has 4 aliphatic carbocycles. The summed E-state index contributed by atoms with van der Waals surface area (Å²) in [5, 5.41) is 15.4. The van der Waals surface area contributed by atoms with Crippen molar-refractivity contribution in [1.29, 1.82) is 0 Å². The quantitative estimate of drug-likeness (QED) is 0.511. The SMILES string of the molecule is CC(C)(C(=O)NC1[C@@H]2CC3C[C@H]1CC(C(=O)NCc1ccc(C(=O)O)cc1)(C3)C2)N1CCCC(F)(F)C1. The zero-order chi connectivity index (χ0) is 26.6. The summed E-state index contributed by atoms with van der Waals surface area (Å²) >= 11 is 0. The molecule has 0 radical (unpaired) electrons. The first kappa shape index (κ1) is 26.1. The van der Waals surface area contributed by atoms with Crippen molar-refractivity contribution in [3.63, 3.8) is 0 Å². The van der Waals surface area contributed by atoms with Crippen molar-refractivity contribution >= 4 is 17.8 Å². The Balaban J connectivity index is 1.22. The van der Waals surface area contributed by atoms with Crippen molar-refractivity contribution in [2.45, 2.75) is 82.8 Å². The molecule has 1 aromatic rings. The number of rotatable bonds is 7. The highest BCUT2D eigenvalue weighted by Gasteiger charge is 2.59. The van der Waals surface area contributed by atoms with Gasteiger partial charge < -0.3 is 15.7 Å². The molecule has 4 bridgehead atoms. The van der Waals surface area contributed by atoms with Crippen LogP contribution in [0.15, 0.2) is 24.3 Å². The summed E-state index contributed by atoms with van der Waals surface area (Å²) in [5.41, 5.74) is -0.410. The Kier molecular flexibility index (Phi) is 6.57. The van der Waals surface area contributed by atoms with E-state index >= 15 is 0 Å². The number of aromatic carboxylic acids is 1. The van der Waals surface area contributed by atoms with Crippen LogP contribution in [0, 0.1) is 23.2 Å². The van der Waals surface area contributed by atoms with Crippen LogP contribution in [-0.2, 0) is 16.1 Å². The summed E-state index contributed by atoms with van der Waals surface area (Å²) in [4.78, 5) is 39.5. The molecule has 9 heteroatoms. The molecular weight excluding hydrogens is 480 g/mol. The summed E-state index contributed by atoms with van der Waals surface area (Å²) < 4.78 is 28.1. The number of likely N-dealkylation sites (tertiary alicyclic amines) is 1. The third-order valence-corrected chi connectivity index (χ3v) is 9.45. The van der Waals surface area contributed by atoms with Crippen LogP contribution in [-0.4, -0.2) is 58.4 Å². The minimum atomic E-state index is -2.77. The minimum Gasteiger partial charge on any atom is -0.478 e. The normalized spacial score (nSPS) is 32.6. The lowest BCUT2D eigenvalue weighted by atomic mass is 9.47. The summed E-state index contributed by atoms with van der Waals surface area (Å²) in [6.45, 7) is 3.90. The predicted molar refractivity (Wildman–Crippen MR) is 133 cm³/mol. The Hall–Kier alpha value is -2.55. The molecule has 1 aliphatic heterocycles. The van der Waals surface area contributed by atoms with Crippen LogP contribution < -0.4 is 10.6 Å². The second-order valence-corrected chi connectivity index (χ2v) is 12.4. The van der Waals surface area contributed by atoms with Gasteiger partial charge in [0.05, 0.1) is 23.1 Å². The number of piperidine rings is 1. The predicted octanol–water partition coefficient (Wildman–Crippen LogP) is 3.82. The Bertz CT molecular complexity index is 1060. The molecule has 0 aromatic heterocycles. The first-order chi connectivity index (χ1) is 17.4. The lowest BCUT2D eigenvalue weighted by Gasteiger charge is -2.59. The number of benzene rings is 1. The second-order valence-electron chi connectivity index (χ2n) is 12.4. The molecule has 6 rings (SSSR count). The summed E-state index contributed by atoms with van der Waals surface area (Å²) in [7, 11) is 0. The lowest BCUT2D eigenvalue weighted by molar-refractivity contribution is -0.153. The molecule has 5 atom stereocenters. The Morgan fingerprint density at radius 1 is 1.08 bits per heavy atom. The Morgan fingerprint density at radius 3 is 2.32 bits per heavy atom. The molecular formula is C28H37F2N3O4. The number of nitrogens with zero attached hydrogens (tertiary/aromatic N) is 1. The maximum Gasteiger partial charge on any atom is 0.335 e. The Labute approximate surface area is 216 Å². The molecule has 7 nitrogen and oxygen atoms in total. The average Bonchev–Trinajstić information content (AvgIpc) is 2.83. The third-order valence-electron chi connectivity index (χ3n) is 9.45. The molecule has 0 spiro atoms. The maximum atomic E-state index is 14.0. The number of carboxylic acids is 1. The molecule has 2 amide bonds. The summed E-state index contributed by atoms with van der Waals surface area (Å²) in [6.07, 6.45) is 4.51. The van der Waals surface area contributed by atoms with Gasteiger partial charge in [-0.1, -0.05) is 12.1 Å².